The van der Waals surface area contributed by atoms with Crippen molar-refractivity contribution in [3.8, 4) is 0 Å². The van der Waals surface area contributed by atoms with Crippen molar-refractivity contribution in [1.29, 1.82) is 0 Å². The Kier molecular flexibility index (Phi) is 7.74. The Morgan fingerprint density at radius 3 is 2.52 bits per heavy atom. The SMILES string of the molecule is O=C(O)CCCCCCCNC(=O)c1c[nH]c(=O)c(Br)c1. The molecule has 0 aromatic carbocycles. The summed E-state index contributed by atoms with van der Waals surface area (Å²) in [4.78, 5) is 35.7. The minimum Gasteiger partial charge on any atom is -0.481 e. The molecule has 1 heterocycles. The fourth-order valence-electron chi connectivity index (χ4n) is 1.82. The number of halogens is 1. The van der Waals surface area contributed by atoms with Crippen LogP contribution in [0.2, 0.25) is 0 Å². The van der Waals surface area contributed by atoms with Crippen LogP contribution in [0.4, 0.5) is 0 Å². The van der Waals surface area contributed by atoms with Crippen molar-refractivity contribution < 1.29 is 14.7 Å². The van der Waals surface area contributed by atoms with E-state index in [2.05, 4.69) is 26.2 Å². The van der Waals surface area contributed by atoms with Crippen LogP contribution in [0.25, 0.3) is 0 Å². The molecule has 7 heteroatoms. The van der Waals surface area contributed by atoms with Gasteiger partial charge in [0.2, 0.25) is 0 Å². The highest BCUT2D eigenvalue weighted by atomic mass is 79.9. The van der Waals surface area contributed by atoms with Crippen molar-refractivity contribution in [2.45, 2.75) is 38.5 Å². The number of carboxylic acid groups (broad SMARTS) is 1. The van der Waals surface area contributed by atoms with Crippen LogP contribution in [-0.2, 0) is 4.79 Å². The Morgan fingerprint density at radius 2 is 1.86 bits per heavy atom. The van der Waals surface area contributed by atoms with Gasteiger partial charge in [-0.05, 0) is 34.8 Å². The first kappa shape index (κ1) is 17.4. The molecule has 1 amide bonds. The van der Waals surface area contributed by atoms with Crippen LogP contribution in [0.5, 0.6) is 0 Å². The van der Waals surface area contributed by atoms with Crippen LogP contribution >= 0.6 is 15.9 Å². The van der Waals surface area contributed by atoms with Gasteiger partial charge in [-0.15, -0.1) is 0 Å². The van der Waals surface area contributed by atoms with Gasteiger partial charge in [0, 0.05) is 19.2 Å². The molecule has 0 aliphatic heterocycles. The van der Waals surface area contributed by atoms with Crippen molar-refractivity contribution in [2.75, 3.05) is 6.54 Å². The monoisotopic (exact) mass is 358 g/mol. The molecule has 0 bridgehead atoms. The Hall–Kier alpha value is -1.63. The lowest BCUT2D eigenvalue weighted by molar-refractivity contribution is -0.137. The molecule has 0 aliphatic carbocycles. The number of aliphatic carboxylic acids is 1. The lowest BCUT2D eigenvalue weighted by Crippen LogP contribution is -2.25. The van der Waals surface area contributed by atoms with E-state index in [1.54, 1.807) is 0 Å². The highest BCUT2D eigenvalue weighted by Crippen LogP contribution is 2.06. The minimum atomic E-state index is -0.755. The average Bonchev–Trinajstić information content (AvgIpc) is 2.44. The lowest BCUT2D eigenvalue weighted by Gasteiger charge is -2.05. The molecular weight excluding hydrogens is 340 g/mol. The predicted molar refractivity (Wildman–Crippen MR) is 82.4 cm³/mol. The maximum atomic E-state index is 11.8. The number of aromatic nitrogens is 1. The number of rotatable bonds is 9. The highest BCUT2D eigenvalue weighted by Gasteiger charge is 2.06. The van der Waals surface area contributed by atoms with Gasteiger partial charge in [0.1, 0.15) is 0 Å². The molecule has 0 spiro atoms. The molecule has 21 heavy (non-hydrogen) atoms. The van der Waals surface area contributed by atoms with E-state index >= 15 is 0 Å². The number of unbranched alkanes of at least 4 members (excludes halogenated alkanes) is 4. The van der Waals surface area contributed by atoms with Gasteiger partial charge in [-0.2, -0.15) is 0 Å². The summed E-state index contributed by atoms with van der Waals surface area (Å²) < 4.78 is 0.327. The number of H-pyrrole nitrogens is 1. The second-order valence-electron chi connectivity index (χ2n) is 4.73. The van der Waals surface area contributed by atoms with Crippen LogP contribution in [-0.4, -0.2) is 28.5 Å². The molecule has 0 aliphatic rings. The van der Waals surface area contributed by atoms with E-state index in [1.807, 2.05) is 0 Å². The first-order chi connectivity index (χ1) is 10.0. The quantitative estimate of drug-likeness (QED) is 0.589. The fraction of sp³-hybridized carbons (Fsp3) is 0.500. The van der Waals surface area contributed by atoms with E-state index < -0.39 is 5.97 Å². The average molecular weight is 359 g/mol. The van der Waals surface area contributed by atoms with Gasteiger partial charge < -0.3 is 15.4 Å². The van der Waals surface area contributed by atoms with Crippen LogP contribution in [0.1, 0.15) is 48.9 Å². The Bertz CT molecular complexity index is 542. The first-order valence-electron chi connectivity index (χ1n) is 6.89. The second-order valence-corrected chi connectivity index (χ2v) is 5.59. The Morgan fingerprint density at radius 1 is 1.19 bits per heavy atom. The number of nitrogens with one attached hydrogen (secondary N) is 2. The van der Waals surface area contributed by atoms with Crippen molar-refractivity contribution in [2.24, 2.45) is 0 Å². The number of pyridine rings is 1. The van der Waals surface area contributed by atoms with Gasteiger partial charge in [0.05, 0.1) is 10.0 Å². The molecule has 6 nitrogen and oxygen atoms in total. The molecule has 0 saturated carbocycles. The van der Waals surface area contributed by atoms with E-state index in [9.17, 15) is 14.4 Å². The van der Waals surface area contributed by atoms with Gasteiger partial charge in [-0.3, -0.25) is 14.4 Å². The minimum absolute atomic E-state index is 0.220. The smallest absolute Gasteiger partial charge is 0.303 e. The molecule has 0 radical (unpaired) electrons. The van der Waals surface area contributed by atoms with Crippen molar-refractivity contribution in [1.82, 2.24) is 10.3 Å². The van der Waals surface area contributed by atoms with Gasteiger partial charge in [0.15, 0.2) is 0 Å². The van der Waals surface area contributed by atoms with E-state index in [0.29, 0.717) is 23.0 Å². The van der Waals surface area contributed by atoms with E-state index in [4.69, 9.17) is 5.11 Å². The predicted octanol–water partition coefficient (Wildman–Crippen LogP) is 2.29. The third-order valence-corrected chi connectivity index (χ3v) is 3.56. The van der Waals surface area contributed by atoms with Crippen LogP contribution in [0, 0.1) is 0 Å². The van der Waals surface area contributed by atoms with Crippen LogP contribution < -0.4 is 10.9 Å². The van der Waals surface area contributed by atoms with Crippen LogP contribution in [0.15, 0.2) is 21.5 Å². The van der Waals surface area contributed by atoms with Gasteiger partial charge >= 0.3 is 5.97 Å². The molecule has 0 saturated heterocycles. The number of carbonyl (C=O) groups excluding carboxylic acids is 1. The van der Waals surface area contributed by atoms with Crippen molar-refractivity contribution >= 4 is 27.8 Å². The summed E-state index contributed by atoms with van der Waals surface area (Å²) in [5, 5.41) is 11.3. The number of aromatic amines is 1. The molecule has 1 aromatic heterocycles. The maximum Gasteiger partial charge on any atom is 0.303 e. The molecule has 1 aromatic rings. The fourth-order valence-corrected chi connectivity index (χ4v) is 2.18. The third kappa shape index (κ3) is 7.08. The summed E-state index contributed by atoms with van der Waals surface area (Å²) in [6.07, 6.45) is 5.97. The standard InChI is InChI=1S/C14H19BrN2O4/c15-11-8-10(9-17-14(11)21)13(20)16-7-5-3-1-2-4-6-12(18)19/h8-9H,1-7H2,(H,16,20)(H,17,21)(H,18,19). The molecule has 1 rings (SSSR count). The van der Waals surface area contributed by atoms with Crippen molar-refractivity contribution in [3.63, 3.8) is 0 Å². The number of carboxylic acids is 1. The maximum absolute atomic E-state index is 11.8. The summed E-state index contributed by atoms with van der Waals surface area (Å²) in [6.45, 7) is 0.564. The third-order valence-electron chi connectivity index (χ3n) is 2.97. The first-order valence-corrected chi connectivity index (χ1v) is 7.68. The Balaban J connectivity index is 2.15. The second kappa shape index (κ2) is 9.33. The molecular formula is C14H19BrN2O4. The normalized spacial score (nSPS) is 10.3. The summed E-state index contributed by atoms with van der Waals surface area (Å²) in [5.41, 5.74) is 0.135. The van der Waals surface area contributed by atoms with E-state index in [-0.39, 0.29) is 17.9 Å². The number of amides is 1. The zero-order valence-corrected chi connectivity index (χ0v) is 13.2. The molecule has 116 valence electrons. The zero-order valence-electron chi connectivity index (χ0n) is 11.7. The number of carbonyl (C=O) groups is 2. The molecule has 0 fully saturated rings. The zero-order chi connectivity index (χ0) is 15.7. The summed E-state index contributed by atoms with van der Waals surface area (Å²) in [6, 6.07) is 1.49. The molecule has 0 atom stereocenters. The van der Waals surface area contributed by atoms with E-state index in [1.165, 1.54) is 12.3 Å². The lowest BCUT2D eigenvalue weighted by atomic mass is 10.1. The number of hydrogen-bond acceptors (Lipinski definition) is 3. The molecule has 0 unspecified atom stereocenters. The van der Waals surface area contributed by atoms with Gasteiger partial charge in [-0.1, -0.05) is 19.3 Å². The summed E-state index contributed by atoms with van der Waals surface area (Å²) in [5.74, 6) is -0.979. The van der Waals surface area contributed by atoms with Gasteiger partial charge in [-0.25, -0.2) is 0 Å². The van der Waals surface area contributed by atoms with Gasteiger partial charge in [0.25, 0.3) is 11.5 Å². The van der Waals surface area contributed by atoms with Crippen molar-refractivity contribution in [3.05, 3.63) is 32.7 Å². The highest BCUT2D eigenvalue weighted by molar-refractivity contribution is 9.10. The van der Waals surface area contributed by atoms with E-state index in [0.717, 1.165) is 25.7 Å². The summed E-state index contributed by atoms with van der Waals surface area (Å²) >= 11 is 3.08. The number of hydrogen-bond donors (Lipinski definition) is 3. The van der Waals surface area contributed by atoms with Crippen LogP contribution in [0.3, 0.4) is 0 Å². The molecule has 3 N–H and O–H groups in total. The topological polar surface area (TPSA) is 99.3 Å². The largest absolute Gasteiger partial charge is 0.481 e. The Labute approximate surface area is 131 Å². The summed E-state index contributed by atoms with van der Waals surface area (Å²) in [7, 11) is 0.